The third-order valence-electron chi connectivity index (χ3n) is 6.74. The number of hydrazone groups is 1. The zero-order valence-corrected chi connectivity index (χ0v) is 20.9. The van der Waals surface area contributed by atoms with Crippen molar-refractivity contribution < 1.29 is 0 Å². The average Bonchev–Trinajstić information content (AvgIpc) is 3.21. The maximum absolute atomic E-state index is 4.94. The normalized spacial score (nSPS) is 11.7. The Bertz CT molecular complexity index is 1190. The van der Waals surface area contributed by atoms with Gasteiger partial charge in [-0.1, -0.05) is 94.3 Å². The number of nitrogens with zero attached hydrogens (tertiary/aromatic N) is 3. The second-order valence-corrected chi connectivity index (χ2v) is 9.22. The Balaban J connectivity index is 1.47. The zero-order valence-electron chi connectivity index (χ0n) is 20.9. The molecule has 0 aliphatic carbocycles. The number of unbranched alkanes of at least 4 members (excludes halogenated alkanes) is 7. The molecule has 0 fully saturated rings. The molecule has 0 unspecified atom stereocenters. The summed E-state index contributed by atoms with van der Waals surface area (Å²) in [7, 11) is 0. The van der Waals surface area contributed by atoms with Crippen LogP contribution in [0.15, 0.2) is 77.9 Å². The number of rotatable bonds is 13. The summed E-state index contributed by atoms with van der Waals surface area (Å²) in [5.74, 6) is 0. The van der Waals surface area contributed by atoms with Crippen molar-refractivity contribution in [3.63, 3.8) is 0 Å². The Morgan fingerprint density at radius 1 is 0.706 bits per heavy atom. The molecule has 0 aliphatic heterocycles. The Morgan fingerprint density at radius 3 is 2.15 bits per heavy atom. The number of aryl methyl sites for hydroxylation is 1. The van der Waals surface area contributed by atoms with Crippen molar-refractivity contribution in [2.75, 3.05) is 11.6 Å². The summed E-state index contributed by atoms with van der Waals surface area (Å²) < 4.78 is 2.39. The molecule has 0 bridgehead atoms. The molecule has 0 N–H and O–H groups in total. The molecule has 1 heterocycles. The minimum Gasteiger partial charge on any atom is -0.341 e. The zero-order chi connectivity index (χ0) is 23.6. The van der Waals surface area contributed by atoms with Gasteiger partial charge in [0.2, 0.25) is 0 Å². The van der Waals surface area contributed by atoms with E-state index < -0.39 is 0 Å². The van der Waals surface area contributed by atoms with Crippen molar-refractivity contribution in [3.8, 4) is 0 Å². The van der Waals surface area contributed by atoms with Crippen LogP contribution in [0.25, 0.3) is 21.8 Å². The highest BCUT2D eigenvalue weighted by Crippen LogP contribution is 2.29. The molecule has 0 amide bonds. The van der Waals surface area contributed by atoms with Crippen LogP contribution < -0.4 is 5.01 Å². The second-order valence-electron chi connectivity index (χ2n) is 9.22. The molecular weight excluding hydrogens is 414 g/mol. The van der Waals surface area contributed by atoms with Gasteiger partial charge in [0.1, 0.15) is 0 Å². The van der Waals surface area contributed by atoms with Gasteiger partial charge in [0.15, 0.2) is 0 Å². The van der Waals surface area contributed by atoms with Crippen LogP contribution in [0.5, 0.6) is 0 Å². The van der Waals surface area contributed by atoms with E-state index in [1.54, 1.807) is 0 Å². The largest absolute Gasteiger partial charge is 0.341 e. The third kappa shape index (κ3) is 5.88. The molecule has 178 valence electrons. The summed E-state index contributed by atoms with van der Waals surface area (Å²) in [4.78, 5) is 0. The number of para-hydroxylation sites is 2. The van der Waals surface area contributed by atoms with E-state index in [1.165, 1.54) is 73.2 Å². The van der Waals surface area contributed by atoms with Crippen molar-refractivity contribution in [1.82, 2.24) is 4.57 Å². The SMILES string of the molecule is CCCCCCCCCCN(N=Cc1ccc2c(c1)c1ccccc1n2CC)c1ccccc1. The maximum atomic E-state index is 4.94. The summed E-state index contributed by atoms with van der Waals surface area (Å²) in [6.07, 6.45) is 12.6. The lowest BCUT2D eigenvalue weighted by Gasteiger charge is -2.19. The van der Waals surface area contributed by atoms with Gasteiger partial charge in [-0.05, 0) is 49.2 Å². The highest BCUT2D eigenvalue weighted by Gasteiger charge is 2.09. The number of aromatic nitrogens is 1. The molecule has 0 atom stereocenters. The molecule has 3 nitrogen and oxygen atoms in total. The minimum absolute atomic E-state index is 0.951. The molecule has 4 rings (SSSR count). The summed E-state index contributed by atoms with van der Waals surface area (Å²) >= 11 is 0. The van der Waals surface area contributed by atoms with Gasteiger partial charge in [0.05, 0.1) is 11.9 Å². The van der Waals surface area contributed by atoms with Crippen LogP contribution in [0.4, 0.5) is 5.69 Å². The van der Waals surface area contributed by atoms with Crippen LogP contribution in [-0.4, -0.2) is 17.3 Å². The number of hydrogen-bond acceptors (Lipinski definition) is 2. The second kappa shape index (κ2) is 12.4. The number of benzene rings is 3. The van der Waals surface area contributed by atoms with E-state index >= 15 is 0 Å². The summed E-state index contributed by atoms with van der Waals surface area (Å²) in [6, 6.07) is 26.0. The van der Waals surface area contributed by atoms with Crippen molar-refractivity contribution in [3.05, 3.63) is 78.4 Å². The van der Waals surface area contributed by atoms with Crippen LogP contribution >= 0.6 is 0 Å². The van der Waals surface area contributed by atoms with Crippen LogP contribution in [0.1, 0.15) is 70.8 Å². The first-order chi connectivity index (χ1) is 16.8. The summed E-state index contributed by atoms with van der Waals surface area (Å²) in [5, 5.41) is 9.72. The van der Waals surface area contributed by atoms with Gasteiger partial charge >= 0.3 is 0 Å². The predicted molar refractivity (Wildman–Crippen MR) is 149 cm³/mol. The molecule has 0 spiro atoms. The maximum Gasteiger partial charge on any atom is 0.0593 e. The standard InChI is InChI=1S/C31H39N3/c1-3-5-6-7-8-9-10-16-23-34(27-17-12-11-13-18-27)32-25-26-21-22-31-29(24-26)28-19-14-15-20-30(28)33(31)4-2/h11-15,17-22,24-25H,3-10,16,23H2,1-2H3. The van der Waals surface area contributed by atoms with E-state index in [0.29, 0.717) is 0 Å². The highest BCUT2D eigenvalue weighted by molar-refractivity contribution is 6.09. The fourth-order valence-corrected chi connectivity index (χ4v) is 4.88. The van der Waals surface area contributed by atoms with Gasteiger partial charge in [0.25, 0.3) is 0 Å². The lowest BCUT2D eigenvalue weighted by molar-refractivity contribution is 0.573. The minimum atomic E-state index is 0.951. The first-order valence-electron chi connectivity index (χ1n) is 13.2. The van der Waals surface area contributed by atoms with E-state index in [1.807, 2.05) is 6.21 Å². The summed E-state index contributed by atoms with van der Waals surface area (Å²) in [6.45, 7) is 6.41. The lowest BCUT2D eigenvalue weighted by Crippen LogP contribution is -2.18. The van der Waals surface area contributed by atoms with Crippen molar-refractivity contribution in [1.29, 1.82) is 0 Å². The van der Waals surface area contributed by atoms with Gasteiger partial charge in [0, 0.05) is 34.9 Å². The van der Waals surface area contributed by atoms with Crippen LogP contribution in [0, 0.1) is 0 Å². The molecule has 1 aromatic heterocycles. The number of hydrogen-bond donors (Lipinski definition) is 0. The van der Waals surface area contributed by atoms with E-state index in [-0.39, 0.29) is 0 Å². The van der Waals surface area contributed by atoms with Crippen LogP contribution in [0.3, 0.4) is 0 Å². The van der Waals surface area contributed by atoms with E-state index in [4.69, 9.17) is 5.10 Å². The fourth-order valence-electron chi connectivity index (χ4n) is 4.88. The molecule has 0 saturated heterocycles. The first-order valence-corrected chi connectivity index (χ1v) is 13.2. The number of anilines is 1. The van der Waals surface area contributed by atoms with Crippen molar-refractivity contribution >= 4 is 33.7 Å². The molecule has 0 saturated carbocycles. The molecule has 3 heteroatoms. The highest BCUT2D eigenvalue weighted by atomic mass is 15.4. The fraction of sp³-hybridized carbons (Fsp3) is 0.387. The predicted octanol–water partition coefficient (Wildman–Crippen LogP) is 8.80. The van der Waals surface area contributed by atoms with Crippen LogP contribution in [-0.2, 0) is 6.54 Å². The Hall–Kier alpha value is -3.07. The van der Waals surface area contributed by atoms with Crippen molar-refractivity contribution in [2.45, 2.75) is 71.8 Å². The van der Waals surface area contributed by atoms with Gasteiger partial charge in [-0.25, -0.2) is 0 Å². The Labute approximate surface area is 205 Å². The molecule has 4 aromatic rings. The van der Waals surface area contributed by atoms with E-state index in [2.05, 4.69) is 96.2 Å². The monoisotopic (exact) mass is 453 g/mol. The van der Waals surface area contributed by atoms with Gasteiger partial charge in [-0.3, -0.25) is 5.01 Å². The first kappa shape index (κ1) is 24.1. The van der Waals surface area contributed by atoms with Gasteiger partial charge < -0.3 is 4.57 Å². The van der Waals surface area contributed by atoms with Crippen molar-refractivity contribution in [2.24, 2.45) is 5.10 Å². The quantitative estimate of drug-likeness (QED) is 0.112. The molecule has 34 heavy (non-hydrogen) atoms. The average molecular weight is 454 g/mol. The van der Waals surface area contributed by atoms with E-state index in [0.717, 1.165) is 24.3 Å². The third-order valence-corrected chi connectivity index (χ3v) is 6.74. The number of fused-ring (bicyclic) bond motifs is 3. The Kier molecular flexibility index (Phi) is 8.78. The molecular formula is C31H39N3. The summed E-state index contributed by atoms with van der Waals surface area (Å²) in [5.41, 5.74) is 4.89. The van der Waals surface area contributed by atoms with Gasteiger partial charge in [-0.15, -0.1) is 0 Å². The van der Waals surface area contributed by atoms with Gasteiger partial charge in [-0.2, -0.15) is 5.10 Å². The molecule has 3 aromatic carbocycles. The van der Waals surface area contributed by atoms with Crippen LogP contribution in [0.2, 0.25) is 0 Å². The smallest absolute Gasteiger partial charge is 0.0593 e. The lowest BCUT2D eigenvalue weighted by atomic mass is 10.1. The molecule has 0 radical (unpaired) electrons. The van der Waals surface area contributed by atoms with E-state index in [9.17, 15) is 0 Å². The Morgan fingerprint density at radius 2 is 1.38 bits per heavy atom. The molecule has 0 aliphatic rings. The topological polar surface area (TPSA) is 20.5 Å².